The summed E-state index contributed by atoms with van der Waals surface area (Å²) in [5.74, 6) is 1.60. The molecule has 1 atom stereocenters. The number of methoxy groups -OCH3 is 1. The SMILES string of the molecule is COc1cccc(-c2nnc(S[C@@H](C)c3ccccc3)n2-c2ccccc2)c1. The Morgan fingerprint density at radius 3 is 2.29 bits per heavy atom. The van der Waals surface area contributed by atoms with Crippen molar-refractivity contribution in [3.63, 3.8) is 0 Å². The van der Waals surface area contributed by atoms with E-state index < -0.39 is 0 Å². The second-order valence-electron chi connectivity index (χ2n) is 6.38. The summed E-state index contributed by atoms with van der Waals surface area (Å²) in [6, 6.07) is 28.6. The number of para-hydroxylation sites is 1. The average molecular weight is 388 g/mol. The molecule has 4 rings (SSSR count). The van der Waals surface area contributed by atoms with Crippen LogP contribution in [-0.2, 0) is 0 Å². The minimum absolute atomic E-state index is 0.256. The lowest BCUT2D eigenvalue weighted by atomic mass is 10.2. The lowest BCUT2D eigenvalue weighted by Gasteiger charge is -2.14. The highest BCUT2D eigenvalue weighted by Gasteiger charge is 2.19. The number of rotatable bonds is 6. The molecule has 5 heteroatoms. The Hall–Kier alpha value is -3.05. The highest BCUT2D eigenvalue weighted by molar-refractivity contribution is 7.99. The van der Waals surface area contributed by atoms with E-state index in [9.17, 15) is 0 Å². The van der Waals surface area contributed by atoms with Gasteiger partial charge in [0.05, 0.1) is 7.11 Å². The maximum atomic E-state index is 5.39. The number of aromatic nitrogens is 3. The minimum Gasteiger partial charge on any atom is -0.497 e. The van der Waals surface area contributed by atoms with E-state index in [4.69, 9.17) is 4.74 Å². The zero-order chi connectivity index (χ0) is 19.3. The smallest absolute Gasteiger partial charge is 0.196 e. The number of nitrogens with zero attached hydrogens (tertiary/aromatic N) is 3. The fourth-order valence-electron chi connectivity index (χ4n) is 3.06. The molecule has 28 heavy (non-hydrogen) atoms. The molecule has 1 aromatic heterocycles. The van der Waals surface area contributed by atoms with Crippen molar-refractivity contribution in [2.24, 2.45) is 0 Å². The zero-order valence-corrected chi connectivity index (χ0v) is 16.6. The lowest BCUT2D eigenvalue weighted by molar-refractivity contribution is 0.415. The molecule has 0 aliphatic heterocycles. The summed E-state index contributed by atoms with van der Waals surface area (Å²) in [5.41, 5.74) is 3.26. The fraction of sp³-hybridized carbons (Fsp3) is 0.130. The van der Waals surface area contributed by atoms with Crippen LogP contribution in [0.2, 0.25) is 0 Å². The second kappa shape index (κ2) is 8.31. The van der Waals surface area contributed by atoms with Gasteiger partial charge in [-0.15, -0.1) is 10.2 Å². The number of benzene rings is 3. The van der Waals surface area contributed by atoms with Gasteiger partial charge in [-0.2, -0.15) is 0 Å². The van der Waals surface area contributed by atoms with Crippen LogP contribution < -0.4 is 4.74 Å². The molecule has 0 bridgehead atoms. The summed E-state index contributed by atoms with van der Waals surface area (Å²) in [6.45, 7) is 2.19. The van der Waals surface area contributed by atoms with E-state index in [-0.39, 0.29) is 5.25 Å². The predicted octanol–water partition coefficient (Wildman–Crippen LogP) is 5.80. The molecular weight excluding hydrogens is 366 g/mol. The van der Waals surface area contributed by atoms with Crippen molar-refractivity contribution in [1.29, 1.82) is 0 Å². The molecule has 0 spiro atoms. The van der Waals surface area contributed by atoms with E-state index in [1.807, 2.05) is 48.5 Å². The summed E-state index contributed by atoms with van der Waals surface area (Å²) >= 11 is 1.70. The Balaban J connectivity index is 1.78. The topological polar surface area (TPSA) is 39.9 Å². The molecule has 3 aromatic carbocycles. The Labute approximate surface area is 169 Å². The van der Waals surface area contributed by atoms with Crippen LogP contribution in [-0.4, -0.2) is 21.9 Å². The van der Waals surface area contributed by atoms with Crippen LogP contribution in [0.3, 0.4) is 0 Å². The van der Waals surface area contributed by atoms with E-state index in [0.29, 0.717) is 0 Å². The standard InChI is InChI=1S/C23H21N3OS/c1-17(18-10-5-3-6-11-18)28-23-25-24-22(19-12-9-15-21(16-19)27-2)26(23)20-13-7-4-8-14-20/h3-17H,1-2H3/t17-/m0/s1. The molecule has 4 nitrogen and oxygen atoms in total. The number of thioether (sulfide) groups is 1. The van der Waals surface area contributed by atoms with Gasteiger partial charge in [0.15, 0.2) is 11.0 Å². The first-order valence-electron chi connectivity index (χ1n) is 9.13. The quantitative estimate of drug-likeness (QED) is 0.392. The maximum Gasteiger partial charge on any atom is 0.196 e. The summed E-state index contributed by atoms with van der Waals surface area (Å²) in [7, 11) is 1.67. The summed E-state index contributed by atoms with van der Waals surface area (Å²) in [6.07, 6.45) is 0. The molecule has 4 aromatic rings. The van der Waals surface area contributed by atoms with Gasteiger partial charge in [-0.3, -0.25) is 4.57 Å². The third kappa shape index (κ3) is 3.80. The average Bonchev–Trinajstić information content (AvgIpc) is 3.18. The number of ether oxygens (including phenoxy) is 1. The Kier molecular flexibility index (Phi) is 5.44. The number of hydrogen-bond donors (Lipinski definition) is 0. The maximum absolute atomic E-state index is 5.39. The summed E-state index contributed by atoms with van der Waals surface area (Å²) < 4.78 is 7.50. The van der Waals surface area contributed by atoms with Crippen LogP contribution >= 0.6 is 11.8 Å². The van der Waals surface area contributed by atoms with Crippen molar-refractivity contribution < 1.29 is 4.74 Å². The highest BCUT2D eigenvalue weighted by atomic mass is 32.2. The van der Waals surface area contributed by atoms with Crippen LogP contribution in [0.5, 0.6) is 5.75 Å². The molecule has 0 unspecified atom stereocenters. The van der Waals surface area contributed by atoms with Crippen molar-refractivity contribution in [2.75, 3.05) is 7.11 Å². The molecule has 0 aliphatic carbocycles. The first-order chi connectivity index (χ1) is 13.8. The Bertz CT molecular complexity index is 1050. The van der Waals surface area contributed by atoms with Gasteiger partial charge < -0.3 is 4.74 Å². The van der Waals surface area contributed by atoms with Crippen molar-refractivity contribution in [3.8, 4) is 22.8 Å². The molecule has 0 saturated carbocycles. The lowest BCUT2D eigenvalue weighted by Crippen LogP contribution is -2.00. The molecule has 0 saturated heterocycles. The van der Waals surface area contributed by atoms with Gasteiger partial charge in [-0.1, -0.05) is 72.4 Å². The van der Waals surface area contributed by atoms with E-state index >= 15 is 0 Å². The van der Waals surface area contributed by atoms with Gasteiger partial charge in [-0.05, 0) is 36.8 Å². The fourth-order valence-corrected chi connectivity index (χ4v) is 4.05. The molecule has 0 fully saturated rings. The molecule has 140 valence electrons. The van der Waals surface area contributed by atoms with E-state index in [0.717, 1.165) is 28.0 Å². The second-order valence-corrected chi connectivity index (χ2v) is 7.69. The van der Waals surface area contributed by atoms with Crippen molar-refractivity contribution in [3.05, 3.63) is 90.5 Å². The molecule has 1 heterocycles. The van der Waals surface area contributed by atoms with E-state index in [1.54, 1.807) is 18.9 Å². The Morgan fingerprint density at radius 2 is 1.57 bits per heavy atom. The van der Waals surface area contributed by atoms with Crippen molar-refractivity contribution >= 4 is 11.8 Å². The molecule has 0 aliphatic rings. The minimum atomic E-state index is 0.256. The third-order valence-electron chi connectivity index (χ3n) is 4.53. The number of hydrogen-bond acceptors (Lipinski definition) is 4. The first kappa shape index (κ1) is 18.3. The van der Waals surface area contributed by atoms with Gasteiger partial charge in [0, 0.05) is 16.5 Å². The summed E-state index contributed by atoms with van der Waals surface area (Å²) in [5, 5.41) is 10.2. The summed E-state index contributed by atoms with van der Waals surface area (Å²) in [4.78, 5) is 0. The van der Waals surface area contributed by atoms with Gasteiger partial charge >= 0.3 is 0 Å². The van der Waals surface area contributed by atoms with Crippen LogP contribution in [0.4, 0.5) is 0 Å². The van der Waals surface area contributed by atoms with Gasteiger partial charge in [0.25, 0.3) is 0 Å². The molecule has 0 amide bonds. The molecule has 0 radical (unpaired) electrons. The Morgan fingerprint density at radius 1 is 0.857 bits per heavy atom. The van der Waals surface area contributed by atoms with Crippen LogP contribution in [0.1, 0.15) is 17.7 Å². The largest absolute Gasteiger partial charge is 0.497 e. The third-order valence-corrected chi connectivity index (χ3v) is 5.63. The van der Waals surface area contributed by atoms with E-state index in [2.05, 4.69) is 58.1 Å². The van der Waals surface area contributed by atoms with Crippen LogP contribution in [0, 0.1) is 0 Å². The van der Waals surface area contributed by atoms with Crippen LogP contribution in [0.15, 0.2) is 90.1 Å². The van der Waals surface area contributed by atoms with Gasteiger partial charge in [-0.25, -0.2) is 0 Å². The monoisotopic (exact) mass is 387 g/mol. The first-order valence-corrected chi connectivity index (χ1v) is 10.0. The van der Waals surface area contributed by atoms with Gasteiger partial charge in [0.1, 0.15) is 5.75 Å². The van der Waals surface area contributed by atoms with E-state index in [1.165, 1.54) is 5.56 Å². The predicted molar refractivity (Wildman–Crippen MR) is 114 cm³/mol. The van der Waals surface area contributed by atoms with Gasteiger partial charge in [0.2, 0.25) is 0 Å². The van der Waals surface area contributed by atoms with Crippen molar-refractivity contribution in [2.45, 2.75) is 17.3 Å². The van der Waals surface area contributed by atoms with Crippen molar-refractivity contribution in [1.82, 2.24) is 14.8 Å². The zero-order valence-electron chi connectivity index (χ0n) is 15.8. The normalized spacial score (nSPS) is 11.9. The van der Waals surface area contributed by atoms with Crippen LogP contribution in [0.25, 0.3) is 17.1 Å². The molecular formula is C23H21N3OS. The molecule has 0 N–H and O–H groups in total. The highest BCUT2D eigenvalue weighted by Crippen LogP contribution is 2.37.